The SMILES string of the molecule is COC1CCCC1NC(=O)C1(CN)CCOCC1. The number of ether oxygens (including phenoxy) is 2. The first-order valence-corrected chi connectivity index (χ1v) is 6.83. The van der Waals surface area contributed by atoms with Crippen LogP contribution in [0.15, 0.2) is 0 Å². The van der Waals surface area contributed by atoms with Crippen molar-refractivity contribution in [2.75, 3.05) is 26.9 Å². The Hall–Kier alpha value is -0.650. The summed E-state index contributed by atoms with van der Waals surface area (Å²) >= 11 is 0. The summed E-state index contributed by atoms with van der Waals surface area (Å²) in [6.45, 7) is 1.65. The largest absolute Gasteiger partial charge is 0.381 e. The van der Waals surface area contributed by atoms with E-state index in [1.54, 1.807) is 7.11 Å². The highest BCUT2D eigenvalue weighted by molar-refractivity contribution is 5.83. The molecule has 18 heavy (non-hydrogen) atoms. The van der Waals surface area contributed by atoms with E-state index in [1.807, 2.05) is 0 Å². The standard InChI is InChI=1S/C13H24N2O3/c1-17-11-4-2-3-10(11)15-12(16)13(9-14)5-7-18-8-6-13/h10-11H,2-9,14H2,1H3,(H,15,16). The molecule has 1 saturated heterocycles. The van der Waals surface area contributed by atoms with Gasteiger partial charge in [0.15, 0.2) is 0 Å². The third-order valence-corrected chi connectivity index (χ3v) is 4.39. The molecule has 104 valence electrons. The third-order valence-electron chi connectivity index (χ3n) is 4.39. The summed E-state index contributed by atoms with van der Waals surface area (Å²) < 4.78 is 10.7. The molecule has 1 amide bonds. The minimum absolute atomic E-state index is 0.0854. The van der Waals surface area contributed by atoms with Gasteiger partial charge in [-0.2, -0.15) is 0 Å². The van der Waals surface area contributed by atoms with E-state index in [4.69, 9.17) is 15.2 Å². The zero-order valence-corrected chi connectivity index (χ0v) is 11.1. The number of hydrogen-bond donors (Lipinski definition) is 2. The van der Waals surface area contributed by atoms with Gasteiger partial charge in [0, 0.05) is 26.9 Å². The molecule has 5 heteroatoms. The number of carbonyl (C=O) groups excluding carboxylic acids is 1. The Morgan fingerprint density at radius 1 is 1.44 bits per heavy atom. The Morgan fingerprint density at radius 3 is 2.78 bits per heavy atom. The van der Waals surface area contributed by atoms with Gasteiger partial charge in [-0.15, -0.1) is 0 Å². The van der Waals surface area contributed by atoms with Gasteiger partial charge in [0.25, 0.3) is 0 Å². The molecule has 0 aromatic carbocycles. The van der Waals surface area contributed by atoms with Gasteiger partial charge in [-0.3, -0.25) is 4.79 Å². The summed E-state index contributed by atoms with van der Waals surface area (Å²) in [5, 5.41) is 3.14. The molecule has 2 aliphatic rings. The zero-order chi connectivity index (χ0) is 13.0. The van der Waals surface area contributed by atoms with Gasteiger partial charge in [0.05, 0.1) is 17.6 Å². The molecule has 1 heterocycles. The lowest BCUT2D eigenvalue weighted by atomic mass is 9.79. The van der Waals surface area contributed by atoms with Crippen molar-refractivity contribution < 1.29 is 14.3 Å². The molecule has 0 aromatic heterocycles. The van der Waals surface area contributed by atoms with Gasteiger partial charge in [-0.25, -0.2) is 0 Å². The van der Waals surface area contributed by atoms with E-state index < -0.39 is 5.41 Å². The van der Waals surface area contributed by atoms with E-state index in [2.05, 4.69) is 5.32 Å². The molecule has 2 rings (SSSR count). The zero-order valence-electron chi connectivity index (χ0n) is 11.1. The maximum absolute atomic E-state index is 12.5. The third kappa shape index (κ3) is 2.68. The molecule has 2 fully saturated rings. The first-order valence-electron chi connectivity index (χ1n) is 6.83. The molecular weight excluding hydrogens is 232 g/mol. The van der Waals surface area contributed by atoms with Crippen molar-refractivity contribution in [3.8, 4) is 0 Å². The van der Waals surface area contributed by atoms with Crippen molar-refractivity contribution in [2.45, 2.75) is 44.2 Å². The van der Waals surface area contributed by atoms with Crippen molar-refractivity contribution in [1.82, 2.24) is 5.32 Å². The van der Waals surface area contributed by atoms with Crippen LogP contribution in [-0.2, 0) is 14.3 Å². The highest BCUT2D eigenvalue weighted by Gasteiger charge is 2.41. The van der Waals surface area contributed by atoms with Crippen LogP contribution in [0.4, 0.5) is 0 Å². The van der Waals surface area contributed by atoms with Crippen molar-refractivity contribution in [3.63, 3.8) is 0 Å². The minimum Gasteiger partial charge on any atom is -0.381 e. The smallest absolute Gasteiger partial charge is 0.227 e. The van der Waals surface area contributed by atoms with Crippen LogP contribution in [0.1, 0.15) is 32.1 Å². The van der Waals surface area contributed by atoms with Gasteiger partial charge >= 0.3 is 0 Å². The van der Waals surface area contributed by atoms with Gasteiger partial charge < -0.3 is 20.5 Å². The monoisotopic (exact) mass is 256 g/mol. The van der Waals surface area contributed by atoms with Crippen LogP contribution in [0.5, 0.6) is 0 Å². The van der Waals surface area contributed by atoms with Gasteiger partial charge in [0.1, 0.15) is 0 Å². The average molecular weight is 256 g/mol. The molecule has 2 atom stereocenters. The fraction of sp³-hybridized carbons (Fsp3) is 0.923. The number of carbonyl (C=O) groups is 1. The molecule has 2 unspecified atom stereocenters. The number of nitrogens with one attached hydrogen (secondary N) is 1. The summed E-state index contributed by atoms with van der Waals surface area (Å²) in [6, 6.07) is 0.147. The van der Waals surface area contributed by atoms with Gasteiger partial charge in [-0.05, 0) is 32.1 Å². The van der Waals surface area contributed by atoms with Crippen molar-refractivity contribution in [2.24, 2.45) is 11.1 Å². The molecule has 1 saturated carbocycles. The highest BCUT2D eigenvalue weighted by atomic mass is 16.5. The van der Waals surface area contributed by atoms with E-state index in [1.165, 1.54) is 0 Å². The normalized spacial score (nSPS) is 31.2. The molecule has 0 spiro atoms. The quantitative estimate of drug-likeness (QED) is 0.765. The summed E-state index contributed by atoms with van der Waals surface area (Å²) in [7, 11) is 1.71. The van der Waals surface area contributed by atoms with E-state index in [-0.39, 0.29) is 18.1 Å². The Balaban J connectivity index is 1.97. The van der Waals surface area contributed by atoms with Gasteiger partial charge in [-0.1, -0.05) is 0 Å². The summed E-state index contributed by atoms with van der Waals surface area (Å²) in [6.07, 6.45) is 4.74. The van der Waals surface area contributed by atoms with E-state index in [0.717, 1.165) is 32.1 Å². The lowest BCUT2D eigenvalue weighted by molar-refractivity contribution is -0.137. The number of nitrogens with two attached hydrogens (primary N) is 1. The minimum atomic E-state index is -0.431. The Morgan fingerprint density at radius 2 is 2.17 bits per heavy atom. The molecule has 0 aromatic rings. The lowest BCUT2D eigenvalue weighted by Crippen LogP contribution is -2.53. The predicted octanol–water partition coefficient (Wildman–Crippen LogP) is 0.426. The topological polar surface area (TPSA) is 73.6 Å². The van der Waals surface area contributed by atoms with E-state index in [9.17, 15) is 4.79 Å². The maximum Gasteiger partial charge on any atom is 0.227 e. The fourth-order valence-electron chi connectivity index (χ4n) is 2.98. The van der Waals surface area contributed by atoms with Crippen molar-refractivity contribution >= 4 is 5.91 Å². The molecule has 1 aliphatic carbocycles. The van der Waals surface area contributed by atoms with Crippen LogP contribution < -0.4 is 11.1 Å². The van der Waals surface area contributed by atoms with Crippen LogP contribution >= 0.6 is 0 Å². The Bertz CT molecular complexity index is 290. The van der Waals surface area contributed by atoms with Crippen molar-refractivity contribution in [1.29, 1.82) is 0 Å². The van der Waals surface area contributed by atoms with Crippen LogP contribution in [0, 0.1) is 5.41 Å². The second kappa shape index (κ2) is 5.99. The Kier molecular flexibility index (Phi) is 4.59. The lowest BCUT2D eigenvalue weighted by Gasteiger charge is -2.36. The second-order valence-corrected chi connectivity index (χ2v) is 5.38. The first-order chi connectivity index (χ1) is 8.72. The van der Waals surface area contributed by atoms with E-state index >= 15 is 0 Å². The average Bonchev–Trinajstić information content (AvgIpc) is 2.86. The number of hydrogen-bond acceptors (Lipinski definition) is 4. The van der Waals surface area contributed by atoms with E-state index in [0.29, 0.717) is 19.8 Å². The Labute approximate surface area is 108 Å². The van der Waals surface area contributed by atoms with Crippen molar-refractivity contribution in [3.05, 3.63) is 0 Å². The summed E-state index contributed by atoms with van der Waals surface area (Å²) in [5.41, 5.74) is 5.40. The molecule has 1 aliphatic heterocycles. The molecule has 0 bridgehead atoms. The molecule has 3 N–H and O–H groups in total. The van der Waals surface area contributed by atoms with Crippen LogP contribution in [-0.4, -0.2) is 44.9 Å². The van der Waals surface area contributed by atoms with Crippen LogP contribution in [0.3, 0.4) is 0 Å². The first kappa shape index (κ1) is 13.8. The van der Waals surface area contributed by atoms with Crippen LogP contribution in [0.25, 0.3) is 0 Å². The number of methoxy groups -OCH3 is 1. The summed E-state index contributed by atoms with van der Waals surface area (Å²) in [5.74, 6) is 0.0854. The fourth-order valence-corrected chi connectivity index (χ4v) is 2.98. The number of rotatable bonds is 4. The predicted molar refractivity (Wildman–Crippen MR) is 68.1 cm³/mol. The maximum atomic E-state index is 12.5. The van der Waals surface area contributed by atoms with Gasteiger partial charge in [0.2, 0.25) is 5.91 Å². The highest BCUT2D eigenvalue weighted by Crippen LogP contribution is 2.31. The molecule has 0 radical (unpaired) electrons. The molecular formula is C13H24N2O3. The number of amides is 1. The van der Waals surface area contributed by atoms with Crippen LogP contribution in [0.2, 0.25) is 0 Å². The molecule has 5 nitrogen and oxygen atoms in total. The summed E-state index contributed by atoms with van der Waals surface area (Å²) in [4.78, 5) is 12.5. The second-order valence-electron chi connectivity index (χ2n) is 5.38.